The zero-order valence-electron chi connectivity index (χ0n) is 37.7. The van der Waals surface area contributed by atoms with Crippen molar-refractivity contribution in [2.45, 2.75) is 0 Å². The predicted molar refractivity (Wildman–Crippen MR) is 300 cm³/mol. The van der Waals surface area contributed by atoms with Gasteiger partial charge in [0.25, 0.3) is 0 Å². The molecule has 15 aromatic rings. The Morgan fingerprint density at radius 3 is 1.11 bits per heavy atom. The van der Waals surface area contributed by atoms with Gasteiger partial charge in [0, 0.05) is 96.8 Å². The molecule has 5 heteroatoms. The van der Waals surface area contributed by atoms with Gasteiger partial charge in [0.1, 0.15) is 0 Å². The molecule has 0 spiro atoms. The Hall–Kier alpha value is -8.61. The number of pyridine rings is 1. The molecule has 0 N–H and O–H groups in total. The summed E-state index contributed by atoms with van der Waals surface area (Å²) < 4.78 is 10.2. The summed E-state index contributed by atoms with van der Waals surface area (Å²) >= 11 is 3.79. The van der Waals surface area contributed by atoms with E-state index in [1.54, 1.807) is 0 Å². The van der Waals surface area contributed by atoms with E-state index in [-0.39, 0.29) is 0 Å². The van der Waals surface area contributed by atoms with Crippen LogP contribution in [0.25, 0.3) is 140 Å². The summed E-state index contributed by atoms with van der Waals surface area (Å²) in [5.41, 5.74) is 16.2. The Morgan fingerprint density at radius 1 is 0.271 bits per heavy atom. The van der Waals surface area contributed by atoms with Gasteiger partial charge in [-0.05, 0) is 112 Å². The van der Waals surface area contributed by atoms with E-state index < -0.39 is 0 Å². The quantitative estimate of drug-likeness (QED) is 0.163. The fourth-order valence-corrected chi connectivity index (χ4v) is 13.7. The summed E-state index contributed by atoms with van der Waals surface area (Å²) in [7, 11) is 0. The van der Waals surface area contributed by atoms with Crippen LogP contribution >= 0.6 is 22.7 Å². The molecule has 0 aliphatic heterocycles. The first-order valence-electron chi connectivity index (χ1n) is 23.7. The zero-order valence-corrected chi connectivity index (χ0v) is 39.3. The zero-order chi connectivity index (χ0) is 45.9. The molecule has 5 aromatic heterocycles. The summed E-state index contributed by atoms with van der Waals surface area (Å²) in [6, 6.07) is 82.5. The van der Waals surface area contributed by atoms with Crippen LogP contribution < -0.4 is 0 Å². The summed E-state index contributed by atoms with van der Waals surface area (Å²) in [5.74, 6) is 0. The van der Waals surface area contributed by atoms with Crippen LogP contribution in [0.3, 0.4) is 0 Å². The minimum atomic E-state index is 1.08. The van der Waals surface area contributed by atoms with Crippen LogP contribution in [0.5, 0.6) is 0 Å². The molecule has 0 amide bonds. The van der Waals surface area contributed by atoms with Gasteiger partial charge in [-0.15, -0.1) is 22.7 Å². The Balaban J connectivity index is 0.771. The van der Waals surface area contributed by atoms with E-state index in [1.807, 2.05) is 35.1 Å². The molecule has 0 saturated carbocycles. The van der Waals surface area contributed by atoms with Crippen molar-refractivity contribution in [3.05, 3.63) is 237 Å². The van der Waals surface area contributed by atoms with Crippen molar-refractivity contribution in [3.63, 3.8) is 0 Å². The Bertz CT molecular complexity index is 4330. The van der Waals surface area contributed by atoms with Crippen molar-refractivity contribution in [1.82, 2.24) is 14.1 Å². The summed E-state index contributed by atoms with van der Waals surface area (Å²) in [5, 5.41) is 10.5. The number of rotatable bonds is 6. The molecular formula is C65H39N3S2. The highest BCUT2D eigenvalue weighted by atomic mass is 32.1. The summed E-state index contributed by atoms with van der Waals surface area (Å²) in [4.78, 5) is 4.82. The molecule has 15 rings (SSSR count). The van der Waals surface area contributed by atoms with E-state index in [9.17, 15) is 0 Å². The highest BCUT2D eigenvalue weighted by molar-refractivity contribution is 7.27. The number of hydrogen-bond donors (Lipinski definition) is 0. The van der Waals surface area contributed by atoms with Gasteiger partial charge in [0.2, 0.25) is 0 Å². The maximum Gasteiger partial charge on any atom is 0.0555 e. The van der Waals surface area contributed by atoms with Crippen LogP contribution in [0.4, 0.5) is 0 Å². The van der Waals surface area contributed by atoms with Gasteiger partial charge in [0.15, 0.2) is 0 Å². The van der Waals surface area contributed by atoms with Crippen LogP contribution in [0, 0.1) is 0 Å². The number of para-hydroxylation sites is 2. The Kier molecular flexibility index (Phi) is 8.70. The molecule has 0 saturated heterocycles. The normalized spacial score (nSPS) is 12.0. The number of hydrogen-bond acceptors (Lipinski definition) is 3. The van der Waals surface area contributed by atoms with Crippen LogP contribution in [0.15, 0.2) is 237 Å². The number of fused-ring (bicyclic) bond motifs is 14. The van der Waals surface area contributed by atoms with Crippen molar-refractivity contribution < 1.29 is 0 Å². The van der Waals surface area contributed by atoms with Crippen LogP contribution in [-0.4, -0.2) is 14.1 Å². The maximum absolute atomic E-state index is 4.82. The number of aromatic nitrogens is 3. The van der Waals surface area contributed by atoms with Gasteiger partial charge < -0.3 is 9.13 Å². The first-order chi connectivity index (χ1) is 34.7. The smallest absolute Gasteiger partial charge is 0.0555 e. The second-order valence-electron chi connectivity index (χ2n) is 18.3. The van der Waals surface area contributed by atoms with E-state index in [1.165, 1.54) is 95.1 Å². The van der Waals surface area contributed by atoms with Gasteiger partial charge >= 0.3 is 0 Å². The third-order valence-corrected chi connectivity index (χ3v) is 16.8. The number of thiophene rings is 2. The van der Waals surface area contributed by atoms with Gasteiger partial charge in [-0.3, -0.25) is 4.98 Å². The molecule has 0 aliphatic carbocycles. The fourth-order valence-electron chi connectivity index (χ4n) is 11.2. The van der Waals surface area contributed by atoms with Crippen LogP contribution in [0.1, 0.15) is 0 Å². The lowest BCUT2D eigenvalue weighted by molar-refractivity contribution is 1.18. The van der Waals surface area contributed by atoms with Crippen molar-refractivity contribution in [1.29, 1.82) is 0 Å². The molecule has 70 heavy (non-hydrogen) atoms. The van der Waals surface area contributed by atoms with E-state index in [0.717, 1.165) is 44.8 Å². The average molecular weight is 926 g/mol. The lowest BCUT2D eigenvalue weighted by atomic mass is 9.96. The minimum absolute atomic E-state index is 1.08. The van der Waals surface area contributed by atoms with E-state index in [4.69, 9.17) is 4.98 Å². The molecule has 0 unspecified atom stereocenters. The molecular weight excluding hydrogens is 887 g/mol. The summed E-state index contributed by atoms with van der Waals surface area (Å²) in [6.07, 6.45) is 3.97. The molecule has 0 bridgehead atoms. The molecule has 0 atom stereocenters. The van der Waals surface area contributed by atoms with Crippen LogP contribution in [0.2, 0.25) is 0 Å². The highest BCUT2D eigenvalue weighted by Crippen LogP contribution is 2.45. The monoisotopic (exact) mass is 925 g/mol. The van der Waals surface area contributed by atoms with E-state index >= 15 is 0 Å². The molecule has 0 aliphatic rings. The van der Waals surface area contributed by atoms with Gasteiger partial charge in [-0.25, -0.2) is 0 Å². The van der Waals surface area contributed by atoms with Gasteiger partial charge in [-0.2, -0.15) is 0 Å². The first-order valence-corrected chi connectivity index (χ1v) is 25.4. The molecule has 5 heterocycles. The molecule has 0 radical (unpaired) electrons. The van der Waals surface area contributed by atoms with Crippen molar-refractivity contribution in [2.75, 3.05) is 0 Å². The van der Waals surface area contributed by atoms with E-state index in [0.29, 0.717) is 0 Å². The highest BCUT2D eigenvalue weighted by Gasteiger charge is 2.20. The largest absolute Gasteiger partial charge is 0.309 e. The third-order valence-electron chi connectivity index (χ3n) is 14.4. The van der Waals surface area contributed by atoms with Crippen molar-refractivity contribution >= 4 is 107 Å². The standard InChI is InChI=1S/C65H39N3S2/c1-5-25-56-54(23-1)62-58(31-29-52-50-21-3-7-27-60(50)69-64(52)62)67(56)48-19-11-17-44(36-48)40-13-9-15-42(33-40)46-35-47(39-66-38-46)43-16-10-14-41(34-43)45-18-12-20-49(37-45)68-57-26-6-2-24-55(57)63-59(68)32-30-53-51-22-4-8-28-61(51)70-65(53)63/h1-39H. The number of benzene rings is 10. The topological polar surface area (TPSA) is 22.8 Å². The lowest BCUT2D eigenvalue weighted by Crippen LogP contribution is -1.94. The second kappa shape index (κ2) is 15.5. The average Bonchev–Trinajstić information content (AvgIpc) is 4.19. The molecule has 0 fully saturated rings. The van der Waals surface area contributed by atoms with Gasteiger partial charge in [0.05, 0.1) is 22.1 Å². The molecule has 3 nitrogen and oxygen atoms in total. The Morgan fingerprint density at radius 2 is 0.643 bits per heavy atom. The third kappa shape index (κ3) is 6.02. The second-order valence-corrected chi connectivity index (χ2v) is 20.4. The SMILES string of the molecule is c1cc(-c2cncc(-c3cccc(-c4cccc(-n5c6ccccc6c6c7sc8ccccc8c7ccc65)c4)c3)c2)cc(-c2cccc(-n3c4ccccc4c4c5sc6ccccc6c5ccc43)c2)c1. The minimum Gasteiger partial charge on any atom is -0.309 e. The molecule has 326 valence electrons. The van der Waals surface area contributed by atoms with Crippen molar-refractivity contribution in [2.24, 2.45) is 0 Å². The maximum atomic E-state index is 4.82. The van der Waals surface area contributed by atoms with Crippen molar-refractivity contribution in [3.8, 4) is 55.9 Å². The summed E-state index contributed by atoms with van der Waals surface area (Å²) in [6.45, 7) is 0. The fraction of sp³-hybridized carbons (Fsp3) is 0. The molecule has 10 aromatic carbocycles. The predicted octanol–water partition coefficient (Wildman–Crippen LogP) is 18.7. The van der Waals surface area contributed by atoms with Gasteiger partial charge in [-0.1, -0.05) is 146 Å². The Labute approximate surface area is 411 Å². The van der Waals surface area contributed by atoms with Crippen LogP contribution in [-0.2, 0) is 0 Å². The number of nitrogens with zero attached hydrogens (tertiary/aromatic N) is 3. The van der Waals surface area contributed by atoms with E-state index in [2.05, 4.69) is 234 Å². The first kappa shape index (κ1) is 39.4. The lowest BCUT2D eigenvalue weighted by Gasteiger charge is -2.12.